The van der Waals surface area contributed by atoms with Crippen molar-refractivity contribution in [3.63, 3.8) is 0 Å². The van der Waals surface area contributed by atoms with E-state index in [0.29, 0.717) is 44.6 Å². The monoisotopic (exact) mass is 297 g/mol. The third kappa shape index (κ3) is 5.63. The van der Waals surface area contributed by atoms with Gasteiger partial charge in [-0.05, 0) is 32.6 Å². The van der Waals surface area contributed by atoms with Crippen LogP contribution in [0, 0.1) is 0 Å². The summed E-state index contributed by atoms with van der Waals surface area (Å²) in [7, 11) is 0. The van der Waals surface area contributed by atoms with E-state index < -0.39 is 0 Å². The molecule has 0 aromatic heterocycles. The number of hydrogen-bond donors (Lipinski definition) is 2. The Morgan fingerprint density at radius 2 is 2.10 bits per heavy atom. The lowest BCUT2D eigenvalue weighted by atomic mass is 10.1. The predicted molar refractivity (Wildman–Crippen MR) is 79.9 cm³/mol. The summed E-state index contributed by atoms with van der Waals surface area (Å²) >= 11 is 0. The lowest BCUT2D eigenvalue weighted by Crippen LogP contribution is -2.42. The van der Waals surface area contributed by atoms with E-state index >= 15 is 0 Å². The van der Waals surface area contributed by atoms with Crippen LogP contribution < -0.4 is 10.6 Å². The molecule has 21 heavy (non-hydrogen) atoms. The number of likely N-dealkylation sites (tertiary alicyclic amines) is 1. The lowest BCUT2D eigenvalue weighted by Gasteiger charge is -2.23. The van der Waals surface area contributed by atoms with Crippen molar-refractivity contribution in [3.05, 3.63) is 0 Å². The zero-order valence-electron chi connectivity index (χ0n) is 12.9. The van der Waals surface area contributed by atoms with E-state index in [1.807, 2.05) is 0 Å². The Morgan fingerprint density at radius 3 is 2.90 bits per heavy atom. The minimum Gasteiger partial charge on any atom is -0.466 e. The molecular weight excluding hydrogens is 270 g/mol. The second-order valence-electron chi connectivity index (χ2n) is 5.92. The third-order valence-corrected chi connectivity index (χ3v) is 4.16. The van der Waals surface area contributed by atoms with E-state index in [0.717, 1.165) is 19.5 Å². The van der Waals surface area contributed by atoms with Crippen molar-refractivity contribution in [1.82, 2.24) is 15.5 Å². The van der Waals surface area contributed by atoms with E-state index in [-0.39, 0.29) is 11.9 Å². The van der Waals surface area contributed by atoms with Crippen LogP contribution in [-0.2, 0) is 14.3 Å². The van der Waals surface area contributed by atoms with Gasteiger partial charge < -0.3 is 15.4 Å². The zero-order valence-corrected chi connectivity index (χ0v) is 12.9. The highest BCUT2D eigenvalue weighted by Crippen LogP contribution is 2.19. The number of carbonyl (C=O) groups excluding carboxylic acids is 2. The summed E-state index contributed by atoms with van der Waals surface area (Å²) in [6.45, 7) is 5.16. The first-order valence-corrected chi connectivity index (χ1v) is 8.08. The molecule has 6 nitrogen and oxygen atoms in total. The van der Waals surface area contributed by atoms with Crippen molar-refractivity contribution in [2.75, 3.05) is 32.8 Å². The number of nitrogens with one attached hydrogen (secondary N) is 2. The van der Waals surface area contributed by atoms with Crippen LogP contribution in [0.5, 0.6) is 0 Å². The summed E-state index contributed by atoms with van der Waals surface area (Å²) in [4.78, 5) is 25.3. The fourth-order valence-electron chi connectivity index (χ4n) is 3.11. The van der Waals surface area contributed by atoms with Crippen molar-refractivity contribution < 1.29 is 14.3 Å². The van der Waals surface area contributed by atoms with Crippen LogP contribution in [0.1, 0.15) is 39.0 Å². The first kappa shape index (κ1) is 16.2. The summed E-state index contributed by atoms with van der Waals surface area (Å²) in [5.74, 6) is -0.141. The Labute approximate surface area is 126 Å². The van der Waals surface area contributed by atoms with Gasteiger partial charge in [0, 0.05) is 38.1 Å². The highest BCUT2D eigenvalue weighted by atomic mass is 16.5. The molecule has 2 aliphatic heterocycles. The summed E-state index contributed by atoms with van der Waals surface area (Å²) in [5, 5.41) is 6.49. The molecule has 0 radical (unpaired) electrons. The molecule has 2 fully saturated rings. The summed E-state index contributed by atoms with van der Waals surface area (Å²) in [5.41, 5.74) is 0. The molecule has 1 amide bonds. The minimum absolute atomic E-state index is 0.0524. The van der Waals surface area contributed by atoms with E-state index in [1.54, 1.807) is 6.92 Å². The Morgan fingerprint density at radius 1 is 1.29 bits per heavy atom. The molecule has 2 heterocycles. The van der Waals surface area contributed by atoms with E-state index in [4.69, 9.17) is 4.74 Å². The number of esters is 1. The van der Waals surface area contributed by atoms with Gasteiger partial charge in [-0.25, -0.2) is 0 Å². The average molecular weight is 297 g/mol. The van der Waals surface area contributed by atoms with Crippen LogP contribution in [0.25, 0.3) is 0 Å². The molecule has 2 unspecified atom stereocenters. The molecule has 0 spiro atoms. The number of amides is 1. The molecular formula is C15H27N3O3. The zero-order chi connectivity index (χ0) is 15.1. The van der Waals surface area contributed by atoms with E-state index in [9.17, 15) is 9.59 Å². The Balaban J connectivity index is 1.58. The minimum atomic E-state index is -0.193. The quantitative estimate of drug-likeness (QED) is 0.521. The highest BCUT2D eigenvalue weighted by Gasteiger charge is 2.29. The second kappa shape index (κ2) is 8.34. The average Bonchev–Trinajstić information content (AvgIpc) is 2.78. The van der Waals surface area contributed by atoms with Gasteiger partial charge >= 0.3 is 5.97 Å². The van der Waals surface area contributed by atoms with Gasteiger partial charge in [0.25, 0.3) is 0 Å². The van der Waals surface area contributed by atoms with E-state index in [1.165, 1.54) is 12.8 Å². The van der Waals surface area contributed by atoms with Crippen LogP contribution in [0.2, 0.25) is 0 Å². The summed E-state index contributed by atoms with van der Waals surface area (Å²) < 4.78 is 4.85. The van der Waals surface area contributed by atoms with Gasteiger partial charge in [-0.15, -0.1) is 0 Å². The highest BCUT2D eigenvalue weighted by molar-refractivity contribution is 5.78. The molecule has 0 saturated carbocycles. The topological polar surface area (TPSA) is 70.7 Å². The standard InChI is InChI=1S/C15H27N3O3/c1-2-21-15(20)4-3-8-16-14(19)11-18-9-7-12-5-6-13(10-18)17-12/h12-13,17H,2-11H2,1H3,(H,16,19). The molecule has 0 aliphatic carbocycles. The van der Waals surface area contributed by atoms with Crippen LogP contribution in [0.4, 0.5) is 0 Å². The van der Waals surface area contributed by atoms with Crippen molar-refractivity contribution in [3.8, 4) is 0 Å². The predicted octanol–water partition coefficient (Wildman–Crippen LogP) is 0.272. The van der Waals surface area contributed by atoms with Crippen molar-refractivity contribution in [2.24, 2.45) is 0 Å². The third-order valence-electron chi connectivity index (χ3n) is 4.16. The number of hydrogen-bond acceptors (Lipinski definition) is 5. The number of carbonyl (C=O) groups is 2. The van der Waals surface area contributed by atoms with Crippen LogP contribution in [-0.4, -0.2) is 61.6 Å². The molecule has 2 aliphatic rings. The maximum Gasteiger partial charge on any atom is 0.305 e. The Kier molecular flexibility index (Phi) is 6.45. The van der Waals surface area contributed by atoms with Crippen LogP contribution >= 0.6 is 0 Å². The largest absolute Gasteiger partial charge is 0.466 e. The molecule has 2 atom stereocenters. The number of rotatable bonds is 7. The summed E-state index contributed by atoms with van der Waals surface area (Å²) in [6.07, 6.45) is 4.63. The number of ether oxygens (including phenoxy) is 1. The number of nitrogens with zero attached hydrogens (tertiary/aromatic N) is 1. The molecule has 2 N–H and O–H groups in total. The van der Waals surface area contributed by atoms with Crippen molar-refractivity contribution in [1.29, 1.82) is 0 Å². The molecule has 6 heteroatoms. The van der Waals surface area contributed by atoms with Gasteiger partial charge in [0.15, 0.2) is 0 Å². The van der Waals surface area contributed by atoms with Gasteiger partial charge in [-0.3, -0.25) is 14.5 Å². The molecule has 2 rings (SSSR count). The first-order valence-electron chi connectivity index (χ1n) is 8.08. The van der Waals surface area contributed by atoms with Gasteiger partial charge in [-0.1, -0.05) is 0 Å². The summed E-state index contributed by atoms with van der Waals surface area (Å²) in [6, 6.07) is 1.20. The van der Waals surface area contributed by atoms with Crippen molar-refractivity contribution >= 4 is 11.9 Å². The van der Waals surface area contributed by atoms with Crippen LogP contribution in [0.15, 0.2) is 0 Å². The van der Waals surface area contributed by atoms with Crippen LogP contribution in [0.3, 0.4) is 0 Å². The Hall–Kier alpha value is -1.14. The molecule has 0 aromatic rings. The molecule has 120 valence electrons. The fourth-order valence-corrected chi connectivity index (χ4v) is 3.11. The SMILES string of the molecule is CCOC(=O)CCCNC(=O)CN1CCC2CCC(C1)N2. The maximum absolute atomic E-state index is 11.9. The maximum atomic E-state index is 11.9. The normalized spacial score (nSPS) is 25.4. The van der Waals surface area contributed by atoms with Gasteiger partial charge in [0.05, 0.1) is 13.2 Å². The van der Waals surface area contributed by atoms with Gasteiger partial charge in [0.2, 0.25) is 5.91 Å². The van der Waals surface area contributed by atoms with Crippen molar-refractivity contribution in [2.45, 2.75) is 51.1 Å². The Bertz CT molecular complexity index is 362. The fraction of sp³-hybridized carbons (Fsp3) is 0.867. The second-order valence-corrected chi connectivity index (χ2v) is 5.92. The molecule has 2 bridgehead atoms. The van der Waals surface area contributed by atoms with Gasteiger partial charge in [0.1, 0.15) is 0 Å². The smallest absolute Gasteiger partial charge is 0.305 e. The number of fused-ring (bicyclic) bond motifs is 2. The first-order chi connectivity index (χ1) is 10.2. The van der Waals surface area contributed by atoms with E-state index in [2.05, 4.69) is 15.5 Å². The van der Waals surface area contributed by atoms with Gasteiger partial charge in [-0.2, -0.15) is 0 Å². The molecule has 0 aromatic carbocycles. The molecule has 2 saturated heterocycles. The lowest BCUT2D eigenvalue weighted by molar-refractivity contribution is -0.143.